The molecule has 0 heterocycles. The van der Waals surface area contributed by atoms with E-state index in [1.807, 2.05) is 23.1 Å². The predicted molar refractivity (Wildman–Crippen MR) is 97.4 cm³/mol. The molecular weight excluding hydrogens is 371 g/mol. The van der Waals surface area contributed by atoms with Crippen molar-refractivity contribution in [1.82, 2.24) is 10.2 Å². The molecule has 1 N–H and O–H groups in total. The van der Waals surface area contributed by atoms with Gasteiger partial charge in [0.2, 0.25) is 5.91 Å². The van der Waals surface area contributed by atoms with Crippen molar-refractivity contribution in [3.8, 4) is 11.8 Å². The SMILES string of the molecule is CN(CC(=O)NCCOc1cccc(C(F)(F)F)c1)Cc1ccc(C#N)cc1. The number of carbonyl (C=O) groups is 1. The molecule has 2 aromatic rings. The van der Waals surface area contributed by atoms with Crippen LogP contribution in [0, 0.1) is 11.3 Å². The maximum absolute atomic E-state index is 12.6. The summed E-state index contributed by atoms with van der Waals surface area (Å²) in [5.41, 5.74) is 0.769. The molecule has 0 fully saturated rings. The molecule has 0 radical (unpaired) electrons. The molecule has 0 saturated heterocycles. The number of alkyl halides is 3. The molecule has 0 aliphatic carbocycles. The van der Waals surface area contributed by atoms with Crippen LogP contribution in [0.15, 0.2) is 48.5 Å². The lowest BCUT2D eigenvalue weighted by Gasteiger charge is -2.16. The molecule has 0 aliphatic rings. The van der Waals surface area contributed by atoms with Gasteiger partial charge >= 0.3 is 6.18 Å². The Kier molecular flexibility index (Phi) is 7.41. The quantitative estimate of drug-likeness (QED) is 0.702. The molecule has 0 saturated carbocycles. The van der Waals surface area contributed by atoms with Crippen molar-refractivity contribution in [3.63, 3.8) is 0 Å². The normalized spacial score (nSPS) is 11.1. The molecule has 1 amide bonds. The van der Waals surface area contributed by atoms with E-state index in [-0.39, 0.29) is 31.4 Å². The fraction of sp³-hybridized carbons (Fsp3) is 0.300. The van der Waals surface area contributed by atoms with Gasteiger partial charge < -0.3 is 10.1 Å². The van der Waals surface area contributed by atoms with Crippen LogP contribution in [0.4, 0.5) is 13.2 Å². The second-order valence-corrected chi connectivity index (χ2v) is 6.21. The molecular formula is C20H20F3N3O2. The maximum atomic E-state index is 12.6. The van der Waals surface area contributed by atoms with Crippen molar-refractivity contribution >= 4 is 5.91 Å². The molecule has 28 heavy (non-hydrogen) atoms. The highest BCUT2D eigenvalue weighted by atomic mass is 19.4. The van der Waals surface area contributed by atoms with Crippen LogP contribution in [-0.4, -0.2) is 37.6 Å². The first-order valence-corrected chi connectivity index (χ1v) is 8.52. The van der Waals surface area contributed by atoms with Gasteiger partial charge in [-0.25, -0.2) is 0 Å². The Labute approximate surface area is 161 Å². The Morgan fingerprint density at radius 1 is 1.21 bits per heavy atom. The molecule has 0 aromatic heterocycles. The third-order valence-corrected chi connectivity index (χ3v) is 3.80. The zero-order valence-corrected chi connectivity index (χ0v) is 15.3. The minimum absolute atomic E-state index is 0.0619. The van der Waals surface area contributed by atoms with Crippen LogP contribution in [0.5, 0.6) is 5.75 Å². The number of likely N-dealkylation sites (N-methyl/N-ethyl adjacent to an activating group) is 1. The lowest BCUT2D eigenvalue weighted by Crippen LogP contribution is -2.36. The van der Waals surface area contributed by atoms with Gasteiger partial charge in [-0.05, 0) is 42.9 Å². The van der Waals surface area contributed by atoms with Crippen molar-refractivity contribution < 1.29 is 22.7 Å². The predicted octanol–water partition coefficient (Wildman–Crippen LogP) is 3.20. The Balaban J connectivity index is 1.70. The summed E-state index contributed by atoms with van der Waals surface area (Å²) in [5.74, 6) is -0.120. The van der Waals surface area contributed by atoms with E-state index in [0.29, 0.717) is 12.1 Å². The standard InChI is InChI=1S/C20H20F3N3O2/c1-26(13-16-7-5-15(12-24)6-8-16)14-19(27)25-9-10-28-18-4-2-3-17(11-18)20(21,22)23/h2-8,11H,9-10,13-14H2,1H3,(H,25,27). The van der Waals surface area contributed by atoms with Gasteiger partial charge in [-0.15, -0.1) is 0 Å². The van der Waals surface area contributed by atoms with E-state index in [2.05, 4.69) is 5.32 Å². The molecule has 5 nitrogen and oxygen atoms in total. The number of hydrogen-bond acceptors (Lipinski definition) is 4. The number of halogens is 3. The van der Waals surface area contributed by atoms with Crippen LogP contribution >= 0.6 is 0 Å². The third kappa shape index (κ3) is 6.93. The summed E-state index contributed by atoms with van der Waals surface area (Å²) in [5, 5.41) is 11.4. The minimum atomic E-state index is -4.42. The summed E-state index contributed by atoms with van der Waals surface area (Å²) >= 11 is 0. The Morgan fingerprint density at radius 3 is 2.57 bits per heavy atom. The van der Waals surface area contributed by atoms with Gasteiger partial charge in [0.15, 0.2) is 0 Å². The smallest absolute Gasteiger partial charge is 0.416 e. The molecule has 0 spiro atoms. The van der Waals surface area contributed by atoms with Gasteiger partial charge in [-0.1, -0.05) is 18.2 Å². The van der Waals surface area contributed by atoms with E-state index >= 15 is 0 Å². The first-order chi connectivity index (χ1) is 13.3. The molecule has 0 atom stereocenters. The number of hydrogen-bond donors (Lipinski definition) is 1. The van der Waals surface area contributed by atoms with Gasteiger partial charge in [0, 0.05) is 6.54 Å². The highest BCUT2D eigenvalue weighted by molar-refractivity contribution is 5.77. The molecule has 0 unspecified atom stereocenters. The van der Waals surface area contributed by atoms with Crippen LogP contribution in [0.25, 0.3) is 0 Å². The monoisotopic (exact) mass is 391 g/mol. The lowest BCUT2D eigenvalue weighted by molar-refractivity contribution is -0.137. The minimum Gasteiger partial charge on any atom is -0.492 e. The fourth-order valence-corrected chi connectivity index (χ4v) is 2.47. The number of ether oxygens (including phenoxy) is 1. The van der Waals surface area contributed by atoms with Crippen LogP contribution in [0.2, 0.25) is 0 Å². The molecule has 0 bridgehead atoms. The summed E-state index contributed by atoms with van der Waals surface area (Å²) in [6.07, 6.45) is -4.42. The van der Waals surface area contributed by atoms with Crippen molar-refractivity contribution in [2.45, 2.75) is 12.7 Å². The van der Waals surface area contributed by atoms with Crippen LogP contribution < -0.4 is 10.1 Å². The number of nitriles is 1. The number of nitrogens with zero attached hydrogens (tertiary/aromatic N) is 2. The van der Waals surface area contributed by atoms with E-state index < -0.39 is 11.7 Å². The average molecular weight is 391 g/mol. The Hall–Kier alpha value is -3.05. The van der Waals surface area contributed by atoms with Crippen molar-refractivity contribution in [2.75, 3.05) is 26.7 Å². The zero-order chi connectivity index (χ0) is 20.6. The topological polar surface area (TPSA) is 65.4 Å². The molecule has 2 rings (SSSR count). The summed E-state index contributed by atoms with van der Waals surface area (Å²) in [4.78, 5) is 13.8. The average Bonchev–Trinajstić information content (AvgIpc) is 2.65. The molecule has 8 heteroatoms. The van der Waals surface area contributed by atoms with Gasteiger partial charge in [0.1, 0.15) is 12.4 Å². The number of benzene rings is 2. The Morgan fingerprint density at radius 2 is 1.93 bits per heavy atom. The summed E-state index contributed by atoms with van der Waals surface area (Å²) in [6.45, 7) is 0.940. The Bertz CT molecular complexity index is 830. The largest absolute Gasteiger partial charge is 0.492 e. The van der Waals surface area contributed by atoms with E-state index in [9.17, 15) is 18.0 Å². The number of rotatable bonds is 8. The van der Waals surface area contributed by atoms with Crippen molar-refractivity contribution in [3.05, 3.63) is 65.2 Å². The first kappa shape index (κ1) is 21.3. The summed E-state index contributed by atoms with van der Waals surface area (Å²) in [7, 11) is 1.79. The van der Waals surface area contributed by atoms with Crippen molar-refractivity contribution in [1.29, 1.82) is 5.26 Å². The number of amides is 1. The van der Waals surface area contributed by atoms with E-state index in [4.69, 9.17) is 10.00 Å². The van der Waals surface area contributed by atoms with E-state index in [1.165, 1.54) is 12.1 Å². The third-order valence-electron chi connectivity index (χ3n) is 3.80. The van der Waals surface area contributed by atoms with E-state index in [1.54, 1.807) is 19.2 Å². The fourth-order valence-electron chi connectivity index (χ4n) is 2.47. The molecule has 2 aromatic carbocycles. The summed E-state index contributed by atoms with van der Waals surface area (Å²) < 4.78 is 43.2. The second kappa shape index (κ2) is 9.76. The number of nitrogens with one attached hydrogen (secondary N) is 1. The lowest BCUT2D eigenvalue weighted by atomic mass is 10.1. The second-order valence-electron chi connectivity index (χ2n) is 6.21. The van der Waals surface area contributed by atoms with Crippen LogP contribution in [0.1, 0.15) is 16.7 Å². The van der Waals surface area contributed by atoms with Crippen LogP contribution in [0.3, 0.4) is 0 Å². The van der Waals surface area contributed by atoms with Gasteiger partial charge in [-0.3, -0.25) is 9.69 Å². The van der Waals surface area contributed by atoms with Gasteiger partial charge in [0.05, 0.1) is 30.3 Å². The summed E-state index contributed by atoms with van der Waals surface area (Å²) in [6, 6.07) is 13.7. The van der Waals surface area contributed by atoms with Crippen LogP contribution in [-0.2, 0) is 17.5 Å². The van der Waals surface area contributed by atoms with Crippen molar-refractivity contribution in [2.24, 2.45) is 0 Å². The highest BCUT2D eigenvalue weighted by Crippen LogP contribution is 2.31. The first-order valence-electron chi connectivity index (χ1n) is 8.52. The zero-order valence-electron chi connectivity index (χ0n) is 15.3. The molecule has 148 valence electrons. The highest BCUT2D eigenvalue weighted by Gasteiger charge is 2.30. The molecule has 0 aliphatic heterocycles. The maximum Gasteiger partial charge on any atom is 0.416 e. The van der Waals surface area contributed by atoms with Gasteiger partial charge in [-0.2, -0.15) is 18.4 Å². The number of carbonyl (C=O) groups excluding carboxylic acids is 1. The van der Waals surface area contributed by atoms with E-state index in [0.717, 1.165) is 17.7 Å². The van der Waals surface area contributed by atoms with Gasteiger partial charge in [0.25, 0.3) is 0 Å².